The molecule has 0 bridgehead atoms. The number of esters is 1. The number of aliphatic hydroxyl groups is 4. The van der Waals surface area contributed by atoms with Crippen molar-refractivity contribution in [3.63, 3.8) is 0 Å². The molecule has 9 nitrogen and oxygen atoms in total. The Morgan fingerprint density at radius 2 is 0.948 bits per heavy atom. The lowest BCUT2D eigenvalue weighted by atomic mass is 9.99. The number of rotatable bonds is 43. The van der Waals surface area contributed by atoms with Crippen LogP contribution >= 0.6 is 0 Å². The Morgan fingerprint density at radius 3 is 1.40 bits per heavy atom. The number of unbranched alkanes of at least 4 members (excludes halogenated alkanes) is 30. The smallest absolute Gasteiger partial charge is 0.306 e. The van der Waals surface area contributed by atoms with Gasteiger partial charge in [-0.15, -0.1) is 0 Å². The van der Waals surface area contributed by atoms with Crippen molar-refractivity contribution < 1.29 is 44.2 Å². The highest BCUT2D eigenvalue weighted by atomic mass is 16.7. The average Bonchev–Trinajstić information content (AvgIpc) is 3.22. The van der Waals surface area contributed by atoms with Gasteiger partial charge in [-0.1, -0.05) is 199 Å². The quantitative estimate of drug-likeness (QED) is 0.0269. The Kier molecular flexibility index (Phi) is 39.1. The van der Waals surface area contributed by atoms with Crippen LogP contribution in [0.5, 0.6) is 0 Å². The van der Waals surface area contributed by atoms with E-state index in [9.17, 15) is 25.2 Å². The van der Waals surface area contributed by atoms with Crippen molar-refractivity contribution in [2.75, 3.05) is 26.4 Å². The van der Waals surface area contributed by atoms with E-state index in [1.165, 1.54) is 180 Å². The van der Waals surface area contributed by atoms with Crippen molar-refractivity contribution in [1.82, 2.24) is 0 Å². The molecule has 6 atom stereocenters. The van der Waals surface area contributed by atoms with Crippen LogP contribution < -0.4 is 0 Å². The molecule has 1 rings (SSSR count). The van der Waals surface area contributed by atoms with Gasteiger partial charge in [0.05, 0.1) is 19.8 Å². The van der Waals surface area contributed by atoms with Crippen LogP contribution in [-0.4, -0.2) is 89.6 Å². The highest BCUT2D eigenvalue weighted by Crippen LogP contribution is 2.23. The first-order valence-electron chi connectivity index (χ1n) is 24.8. The Hall–Kier alpha value is -1.07. The number of aliphatic hydroxyl groups excluding tert-OH is 4. The minimum absolute atomic E-state index is 0.108. The normalized spacial score (nSPS) is 20.3. The van der Waals surface area contributed by atoms with E-state index in [0.717, 1.165) is 32.1 Å². The summed E-state index contributed by atoms with van der Waals surface area (Å²) >= 11 is 0. The number of allylic oxidation sites excluding steroid dienone is 2. The second kappa shape index (κ2) is 41.3. The number of ether oxygens (including phenoxy) is 4. The van der Waals surface area contributed by atoms with Crippen LogP contribution in [0.4, 0.5) is 0 Å². The molecule has 1 aliphatic heterocycles. The lowest BCUT2D eigenvalue weighted by molar-refractivity contribution is -0.305. The molecular formula is C49H94O9. The Morgan fingerprint density at radius 1 is 0.534 bits per heavy atom. The summed E-state index contributed by atoms with van der Waals surface area (Å²) in [4.78, 5) is 12.7. The molecule has 0 radical (unpaired) electrons. The van der Waals surface area contributed by atoms with E-state index >= 15 is 0 Å². The molecular weight excluding hydrogens is 733 g/mol. The maximum absolute atomic E-state index is 12.7. The molecule has 0 aromatic carbocycles. The van der Waals surface area contributed by atoms with E-state index < -0.39 is 43.4 Å². The molecule has 0 aromatic heterocycles. The monoisotopic (exact) mass is 827 g/mol. The Balaban J connectivity index is 2.14. The summed E-state index contributed by atoms with van der Waals surface area (Å²) < 4.78 is 22.8. The van der Waals surface area contributed by atoms with Gasteiger partial charge in [0.25, 0.3) is 0 Å². The van der Waals surface area contributed by atoms with Gasteiger partial charge in [0, 0.05) is 13.0 Å². The van der Waals surface area contributed by atoms with Gasteiger partial charge in [-0.2, -0.15) is 0 Å². The van der Waals surface area contributed by atoms with E-state index in [-0.39, 0.29) is 19.2 Å². The van der Waals surface area contributed by atoms with Crippen molar-refractivity contribution in [3.8, 4) is 0 Å². The summed E-state index contributed by atoms with van der Waals surface area (Å²) in [6.07, 6.45) is 39.7. The molecule has 4 N–H and O–H groups in total. The molecule has 58 heavy (non-hydrogen) atoms. The summed E-state index contributed by atoms with van der Waals surface area (Å²) in [5.41, 5.74) is 0. The molecule has 1 heterocycles. The zero-order valence-electron chi connectivity index (χ0n) is 37.8. The summed E-state index contributed by atoms with van der Waals surface area (Å²) in [6, 6.07) is 0. The van der Waals surface area contributed by atoms with E-state index in [4.69, 9.17) is 18.9 Å². The standard InChI is InChI=1S/C49H94O9/c1-3-5-7-9-11-13-15-16-17-18-19-20-21-22-23-24-25-26-27-29-31-33-35-37-39-55-41-43(42-56-49-48(54)47(53)46(52)44(40-50)58-49)57-45(51)38-36-34-32-30-28-14-12-10-8-6-4-2/h18-19,43-44,46-50,52-54H,3-17,20-42H2,1-2H3/b19-18-. The molecule has 0 aromatic rings. The van der Waals surface area contributed by atoms with Crippen LogP contribution in [0.15, 0.2) is 12.2 Å². The van der Waals surface area contributed by atoms with Gasteiger partial charge >= 0.3 is 5.97 Å². The van der Waals surface area contributed by atoms with Crippen molar-refractivity contribution in [1.29, 1.82) is 0 Å². The second-order valence-electron chi connectivity index (χ2n) is 17.3. The fourth-order valence-electron chi connectivity index (χ4n) is 7.78. The van der Waals surface area contributed by atoms with Gasteiger partial charge in [0.15, 0.2) is 6.29 Å². The van der Waals surface area contributed by atoms with Crippen LogP contribution in [-0.2, 0) is 23.7 Å². The third-order valence-corrected chi connectivity index (χ3v) is 11.7. The lowest BCUT2D eigenvalue weighted by Gasteiger charge is -2.39. The minimum atomic E-state index is -1.53. The molecule has 6 unspecified atom stereocenters. The maximum atomic E-state index is 12.7. The van der Waals surface area contributed by atoms with E-state index in [0.29, 0.717) is 13.0 Å². The van der Waals surface area contributed by atoms with Crippen molar-refractivity contribution in [2.24, 2.45) is 0 Å². The van der Waals surface area contributed by atoms with Crippen LogP contribution in [0.25, 0.3) is 0 Å². The highest BCUT2D eigenvalue weighted by Gasteiger charge is 2.44. The summed E-state index contributed by atoms with van der Waals surface area (Å²) in [5.74, 6) is -0.311. The number of carbonyl (C=O) groups excluding carboxylic acids is 1. The first kappa shape index (κ1) is 54.9. The van der Waals surface area contributed by atoms with Gasteiger partial charge in [0.1, 0.15) is 30.5 Å². The molecule has 1 aliphatic rings. The average molecular weight is 827 g/mol. The summed E-state index contributed by atoms with van der Waals surface area (Å²) in [6.45, 7) is 4.59. The van der Waals surface area contributed by atoms with Crippen molar-refractivity contribution in [2.45, 2.75) is 269 Å². The van der Waals surface area contributed by atoms with E-state index in [2.05, 4.69) is 26.0 Å². The summed E-state index contributed by atoms with van der Waals surface area (Å²) in [7, 11) is 0. The Bertz CT molecular complexity index is 899. The summed E-state index contributed by atoms with van der Waals surface area (Å²) in [5, 5.41) is 40.1. The topological polar surface area (TPSA) is 135 Å². The predicted octanol–water partition coefficient (Wildman–Crippen LogP) is 11.6. The lowest BCUT2D eigenvalue weighted by Crippen LogP contribution is -2.59. The van der Waals surface area contributed by atoms with Crippen molar-refractivity contribution >= 4 is 5.97 Å². The fraction of sp³-hybridized carbons (Fsp3) is 0.939. The number of hydrogen-bond donors (Lipinski definition) is 4. The molecule has 0 amide bonds. The van der Waals surface area contributed by atoms with Crippen LogP contribution in [0, 0.1) is 0 Å². The molecule has 0 spiro atoms. The van der Waals surface area contributed by atoms with Crippen LogP contribution in [0.1, 0.15) is 232 Å². The van der Waals surface area contributed by atoms with Gasteiger partial charge in [-0.3, -0.25) is 4.79 Å². The Labute approximate surface area is 356 Å². The molecule has 0 saturated carbocycles. The van der Waals surface area contributed by atoms with E-state index in [1.807, 2.05) is 0 Å². The van der Waals surface area contributed by atoms with Gasteiger partial charge < -0.3 is 39.4 Å². The van der Waals surface area contributed by atoms with Crippen molar-refractivity contribution in [3.05, 3.63) is 12.2 Å². The highest BCUT2D eigenvalue weighted by molar-refractivity contribution is 5.69. The first-order valence-corrected chi connectivity index (χ1v) is 24.8. The molecule has 0 aliphatic carbocycles. The largest absolute Gasteiger partial charge is 0.457 e. The molecule has 1 saturated heterocycles. The van der Waals surface area contributed by atoms with Crippen LogP contribution in [0.2, 0.25) is 0 Å². The maximum Gasteiger partial charge on any atom is 0.306 e. The van der Waals surface area contributed by atoms with Gasteiger partial charge in [0.2, 0.25) is 0 Å². The predicted molar refractivity (Wildman–Crippen MR) is 238 cm³/mol. The minimum Gasteiger partial charge on any atom is -0.457 e. The SMILES string of the molecule is CCCCCCCCCC/C=C\CCCCCCCCCCCCCCOCC(COC1OC(CO)C(O)C(O)C1O)OC(=O)CCCCCCCCCCCCC. The molecule has 1 fully saturated rings. The third kappa shape index (κ3) is 31.8. The molecule has 9 heteroatoms. The zero-order chi connectivity index (χ0) is 42.2. The second-order valence-corrected chi connectivity index (χ2v) is 17.3. The van der Waals surface area contributed by atoms with Gasteiger partial charge in [-0.05, 0) is 38.5 Å². The molecule has 344 valence electrons. The van der Waals surface area contributed by atoms with Gasteiger partial charge in [-0.25, -0.2) is 0 Å². The first-order chi connectivity index (χ1) is 28.4. The van der Waals surface area contributed by atoms with Crippen LogP contribution in [0.3, 0.4) is 0 Å². The number of carbonyl (C=O) groups is 1. The fourth-order valence-corrected chi connectivity index (χ4v) is 7.78. The van der Waals surface area contributed by atoms with E-state index in [1.54, 1.807) is 0 Å². The zero-order valence-corrected chi connectivity index (χ0v) is 37.8. The number of hydrogen-bond acceptors (Lipinski definition) is 9. The third-order valence-electron chi connectivity index (χ3n) is 11.7.